The average molecular weight is 857 g/mol. The van der Waals surface area contributed by atoms with E-state index in [9.17, 15) is 10.2 Å². The van der Waals surface area contributed by atoms with Gasteiger partial charge in [-0.2, -0.15) is 0 Å². The number of benzene rings is 6. The first-order valence-corrected chi connectivity index (χ1v) is 21.2. The molecule has 0 amide bonds. The maximum atomic E-state index is 10.4. The molecule has 6 aromatic carbocycles. The molecule has 0 atom stereocenters. The molecule has 0 bridgehead atoms. The van der Waals surface area contributed by atoms with Crippen molar-refractivity contribution in [2.75, 3.05) is 133 Å². The molecule has 0 spiro atoms. The van der Waals surface area contributed by atoms with Gasteiger partial charge in [-0.25, -0.2) is 0 Å². The number of rotatable bonds is 15. The molecule has 0 saturated carbocycles. The van der Waals surface area contributed by atoms with Crippen molar-refractivity contribution in [3.63, 3.8) is 0 Å². The van der Waals surface area contributed by atoms with Gasteiger partial charge < -0.3 is 49.8 Å². The van der Waals surface area contributed by atoms with E-state index in [1.54, 1.807) is 0 Å². The van der Waals surface area contributed by atoms with E-state index < -0.39 is 6.10 Å². The Kier molecular flexibility index (Phi) is 21.5. The fourth-order valence-corrected chi connectivity index (χ4v) is 6.77. The summed E-state index contributed by atoms with van der Waals surface area (Å²) in [7, 11) is 21.2. The number of hydrogen-bond acceptors (Lipinski definition) is 10. The quantitative estimate of drug-likeness (QED) is 0.0760. The van der Waals surface area contributed by atoms with Gasteiger partial charge in [0.05, 0.1) is 13.2 Å². The van der Waals surface area contributed by atoms with Crippen LogP contribution >= 0.6 is 0 Å². The molecule has 0 fully saturated rings. The summed E-state index contributed by atoms with van der Waals surface area (Å²) in [5.41, 5.74) is 12.5. The summed E-state index contributed by atoms with van der Waals surface area (Å²) in [4.78, 5) is 12.4. The van der Waals surface area contributed by atoms with Crippen LogP contribution < -0.4 is 29.4 Å². The van der Waals surface area contributed by atoms with Crippen LogP contribution in [0.1, 0.15) is 39.8 Å². The predicted molar refractivity (Wildman–Crippen MR) is 270 cm³/mol. The largest absolute Gasteiger partial charge is 0.400 e. The Morgan fingerprint density at radius 2 is 0.571 bits per heavy atom. The molecule has 338 valence electrons. The number of aliphatic hydroxyl groups is 4. The van der Waals surface area contributed by atoms with Crippen molar-refractivity contribution in [3.05, 3.63) is 179 Å². The van der Waals surface area contributed by atoms with Crippen LogP contribution in [0.2, 0.25) is 0 Å². The number of hydrogen-bond donors (Lipinski definition) is 4. The highest BCUT2D eigenvalue weighted by molar-refractivity contribution is 5.56. The molecule has 10 heteroatoms. The van der Waals surface area contributed by atoms with E-state index in [-0.39, 0.29) is 19.1 Å². The van der Waals surface area contributed by atoms with Crippen molar-refractivity contribution in [1.82, 2.24) is 0 Å². The fourth-order valence-electron chi connectivity index (χ4n) is 6.77. The molecule has 0 saturated heterocycles. The molecular formula is C53H72N6O4. The monoisotopic (exact) mass is 857 g/mol. The molecular weight excluding hydrogens is 785 g/mol. The number of likely N-dealkylation sites (N-methyl/N-ethyl adjacent to an activating group) is 2. The second-order valence-corrected chi connectivity index (χ2v) is 16.0. The number of aliphatic hydroxyl groups excluding tert-OH is 4. The van der Waals surface area contributed by atoms with Gasteiger partial charge in [-0.15, -0.1) is 0 Å². The van der Waals surface area contributed by atoms with Crippen LogP contribution in [0, 0.1) is 0 Å². The topological polar surface area (TPSA) is 100 Å². The number of para-hydroxylation sites is 1. The maximum absolute atomic E-state index is 10.4. The Balaban J connectivity index is 0.000000274. The molecule has 0 aliphatic heterocycles. The Hall–Kier alpha value is -6.04. The summed E-state index contributed by atoms with van der Waals surface area (Å²) in [6.07, 6.45) is -0.581. The second-order valence-electron chi connectivity index (χ2n) is 16.0. The van der Waals surface area contributed by atoms with Gasteiger partial charge in [0.2, 0.25) is 0 Å². The SMILES string of the molecule is CN(C)c1ccc(C(O)c2ccc(N(C)C)cc2)cc1.CN(C)c1ccc(C(c2ccc(N(C)C)cc2)c2ccc(N(C)CCO)cc2)cc1.CN(CCO)c1ccccc1.CO. The van der Waals surface area contributed by atoms with Gasteiger partial charge in [-0.3, -0.25) is 0 Å². The van der Waals surface area contributed by atoms with Crippen molar-refractivity contribution in [3.8, 4) is 0 Å². The van der Waals surface area contributed by atoms with Crippen molar-refractivity contribution in [2.24, 2.45) is 0 Å². The van der Waals surface area contributed by atoms with Gasteiger partial charge >= 0.3 is 0 Å². The highest BCUT2D eigenvalue weighted by Gasteiger charge is 2.18. The fraction of sp³-hybridized carbons (Fsp3) is 0.321. The average Bonchev–Trinajstić information content (AvgIpc) is 3.31. The van der Waals surface area contributed by atoms with Gasteiger partial charge in [0.25, 0.3) is 0 Å². The van der Waals surface area contributed by atoms with Crippen molar-refractivity contribution >= 4 is 34.1 Å². The zero-order valence-electron chi connectivity index (χ0n) is 39.4. The minimum absolute atomic E-state index is 0.150. The van der Waals surface area contributed by atoms with Crippen LogP contribution in [0.4, 0.5) is 34.1 Å². The van der Waals surface area contributed by atoms with E-state index >= 15 is 0 Å². The lowest BCUT2D eigenvalue weighted by Gasteiger charge is -2.23. The highest BCUT2D eigenvalue weighted by atomic mass is 16.3. The van der Waals surface area contributed by atoms with Crippen molar-refractivity contribution < 1.29 is 20.4 Å². The van der Waals surface area contributed by atoms with Crippen molar-refractivity contribution in [1.29, 1.82) is 0 Å². The zero-order chi connectivity index (χ0) is 46.5. The van der Waals surface area contributed by atoms with E-state index in [0.29, 0.717) is 13.1 Å². The van der Waals surface area contributed by atoms with E-state index in [1.807, 2.05) is 136 Å². The first-order chi connectivity index (χ1) is 30.2. The van der Waals surface area contributed by atoms with Gasteiger partial charge in [0.15, 0.2) is 0 Å². The van der Waals surface area contributed by atoms with E-state index in [0.717, 1.165) is 41.0 Å². The molecule has 0 aliphatic carbocycles. The van der Waals surface area contributed by atoms with Crippen LogP contribution in [-0.4, -0.2) is 124 Å². The zero-order valence-corrected chi connectivity index (χ0v) is 39.4. The highest BCUT2D eigenvalue weighted by Crippen LogP contribution is 2.35. The van der Waals surface area contributed by atoms with Crippen molar-refractivity contribution in [2.45, 2.75) is 12.0 Å². The molecule has 0 unspecified atom stereocenters. The lowest BCUT2D eigenvalue weighted by Crippen LogP contribution is -2.21. The van der Waals surface area contributed by atoms with E-state index in [1.165, 1.54) is 28.1 Å². The van der Waals surface area contributed by atoms with Gasteiger partial charge in [0, 0.05) is 131 Å². The van der Waals surface area contributed by atoms with Gasteiger partial charge in [0.1, 0.15) is 6.10 Å². The lowest BCUT2D eigenvalue weighted by molar-refractivity contribution is 0.220. The summed E-state index contributed by atoms with van der Waals surface area (Å²) < 4.78 is 0. The Bertz CT molecular complexity index is 2010. The van der Waals surface area contributed by atoms with E-state index in [4.69, 9.17) is 10.2 Å². The molecule has 0 radical (unpaired) electrons. The normalized spacial score (nSPS) is 10.4. The summed E-state index contributed by atoms with van der Waals surface area (Å²) in [5, 5.41) is 35.3. The molecule has 63 heavy (non-hydrogen) atoms. The minimum Gasteiger partial charge on any atom is -0.400 e. The number of nitrogens with zero attached hydrogens (tertiary/aromatic N) is 6. The van der Waals surface area contributed by atoms with E-state index in [2.05, 4.69) is 116 Å². The minimum atomic E-state index is -0.581. The smallest absolute Gasteiger partial charge is 0.104 e. The summed E-state index contributed by atoms with van der Waals surface area (Å²) in [6.45, 7) is 1.66. The van der Waals surface area contributed by atoms with Crippen LogP contribution in [-0.2, 0) is 0 Å². The Labute approximate surface area is 378 Å². The number of anilines is 6. The Morgan fingerprint density at radius 3 is 0.825 bits per heavy atom. The molecule has 0 aromatic heterocycles. The third-order valence-electron chi connectivity index (χ3n) is 10.7. The van der Waals surface area contributed by atoms with Crippen LogP contribution in [0.15, 0.2) is 152 Å². The first-order valence-electron chi connectivity index (χ1n) is 21.2. The summed E-state index contributed by atoms with van der Waals surface area (Å²) in [5.74, 6) is 0.162. The molecule has 0 aliphatic rings. The standard InChI is InChI=1S/C26H33N3O.C17H22N2O.C9H13NO.CH4O/c1-27(2)23-12-6-20(7-13-23)26(21-8-14-24(15-9-21)28(3)4)22-10-16-25(17-11-22)29(5)18-19-30;1-18(2)15-9-5-13(6-10-15)17(20)14-7-11-16(12-8-14)19(3)4;1-10(7-8-11)9-5-3-2-4-6-9;1-2/h6-17,26,30H,18-19H2,1-5H3;5-12,17,20H,1-4H3;2-6,11H,7-8H2,1H3;2H,1H3. The molecule has 4 N–H and O–H groups in total. The van der Waals surface area contributed by atoms with Crippen LogP contribution in [0.3, 0.4) is 0 Å². The molecule has 6 rings (SSSR count). The third-order valence-corrected chi connectivity index (χ3v) is 10.7. The molecule has 0 heterocycles. The van der Waals surface area contributed by atoms with Gasteiger partial charge in [-0.05, 0) is 101 Å². The van der Waals surface area contributed by atoms with Crippen LogP contribution in [0.25, 0.3) is 0 Å². The summed E-state index contributed by atoms with van der Waals surface area (Å²) in [6, 6.07) is 52.3. The predicted octanol–water partition coefficient (Wildman–Crippen LogP) is 8.05. The molecule has 10 nitrogen and oxygen atoms in total. The first kappa shape index (κ1) is 51.3. The lowest BCUT2D eigenvalue weighted by atomic mass is 9.85. The van der Waals surface area contributed by atoms with Gasteiger partial charge in [-0.1, -0.05) is 78.9 Å². The maximum Gasteiger partial charge on any atom is 0.104 e. The molecule has 6 aromatic rings. The van der Waals surface area contributed by atoms with Crippen LogP contribution in [0.5, 0.6) is 0 Å². The summed E-state index contributed by atoms with van der Waals surface area (Å²) >= 11 is 0. The third kappa shape index (κ3) is 15.7. The second kappa shape index (κ2) is 26.4. The Morgan fingerprint density at radius 1 is 0.333 bits per heavy atom.